The topological polar surface area (TPSA) is 43.8 Å². The number of hydrogen-bond donors (Lipinski definition) is 1. The van der Waals surface area contributed by atoms with Gasteiger partial charge in [0.25, 0.3) is 0 Å². The fourth-order valence-electron chi connectivity index (χ4n) is 2.34. The maximum Gasteiger partial charge on any atom is 0.142 e. The van der Waals surface area contributed by atoms with Gasteiger partial charge in [0.05, 0.1) is 16.1 Å². The summed E-state index contributed by atoms with van der Waals surface area (Å²) in [6, 6.07) is 9.82. The van der Waals surface area contributed by atoms with Crippen LogP contribution in [0.5, 0.6) is 0 Å². The van der Waals surface area contributed by atoms with Crippen LogP contribution in [0.2, 0.25) is 5.02 Å². The van der Waals surface area contributed by atoms with Gasteiger partial charge in [0.1, 0.15) is 11.6 Å². The van der Waals surface area contributed by atoms with E-state index >= 15 is 0 Å². The van der Waals surface area contributed by atoms with Gasteiger partial charge in [0, 0.05) is 17.8 Å². The van der Waals surface area contributed by atoms with E-state index in [2.05, 4.69) is 4.98 Å². The lowest BCUT2D eigenvalue weighted by molar-refractivity contribution is 0.628. The number of rotatable bonds is 2. The van der Waals surface area contributed by atoms with Gasteiger partial charge in [-0.3, -0.25) is 0 Å². The van der Waals surface area contributed by atoms with Gasteiger partial charge >= 0.3 is 0 Å². The maximum absolute atomic E-state index is 13.4. The van der Waals surface area contributed by atoms with Crippen molar-refractivity contribution >= 4 is 28.3 Å². The Kier molecular flexibility index (Phi) is 3.10. The molecular formula is C15H13ClFN3. The number of nitrogens with two attached hydrogens (primary N) is 1. The molecule has 0 saturated heterocycles. The Morgan fingerprint density at radius 2 is 2.05 bits per heavy atom. The Hall–Kier alpha value is -2.07. The average molecular weight is 290 g/mol. The van der Waals surface area contributed by atoms with Gasteiger partial charge in [-0.1, -0.05) is 11.6 Å². The van der Waals surface area contributed by atoms with Crippen molar-refractivity contribution in [1.29, 1.82) is 0 Å². The molecule has 102 valence electrons. The van der Waals surface area contributed by atoms with E-state index in [9.17, 15) is 4.39 Å². The number of halogens is 2. The van der Waals surface area contributed by atoms with Gasteiger partial charge in [-0.2, -0.15) is 0 Å². The van der Waals surface area contributed by atoms with Gasteiger partial charge in [-0.05, 0) is 43.3 Å². The van der Waals surface area contributed by atoms with Crippen molar-refractivity contribution in [2.24, 2.45) is 0 Å². The lowest BCUT2D eigenvalue weighted by atomic mass is 10.2. The van der Waals surface area contributed by atoms with E-state index in [0.717, 1.165) is 16.6 Å². The van der Waals surface area contributed by atoms with E-state index in [1.807, 2.05) is 11.5 Å². The zero-order chi connectivity index (χ0) is 14.3. The van der Waals surface area contributed by atoms with Gasteiger partial charge in [0.2, 0.25) is 0 Å². The largest absolute Gasteiger partial charge is 0.399 e. The minimum absolute atomic E-state index is 0.280. The molecule has 0 atom stereocenters. The molecule has 0 aliphatic rings. The standard InChI is InChI=1S/C15H13ClFN3/c1-2-20-14-7-9(17)3-6-13(14)19-15(20)11-8-10(18)4-5-12(11)16/h3-8H,2,18H2,1H3. The zero-order valence-electron chi connectivity index (χ0n) is 10.9. The Morgan fingerprint density at radius 3 is 2.80 bits per heavy atom. The Balaban J connectivity index is 2.33. The normalized spacial score (nSPS) is 11.2. The van der Waals surface area contributed by atoms with Crippen LogP contribution in [0.4, 0.5) is 10.1 Å². The molecule has 0 fully saturated rings. The first-order valence-corrected chi connectivity index (χ1v) is 6.69. The summed E-state index contributed by atoms with van der Waals surface area (Å²) >= 11 is 6.24. The highest BCUT2D eigenvalue weighted by molar-refractivity contribution is 6.33. The predicted octanol–water partition coefficient (Wildman–Crippen LogP) is 4.10. The average Bonchev–Trinajstić information content (AvgIpc) is 2.79. The molecule has 1 heterocycles. The quantitative estimate of drug-likeness (QED) is 0.722. The van der Waals surface area contributed by atoms with Crippen LogP contribution in [0.15, 0.2) is 36.4 Å². The highest BCUT2D eigenvalue weighted by Gasteiger charge is 2.14. The molecule has 0 unspecified atom stereocenters. The molecule has 0 aliphatic heterocycles. The summed E-state index contributed by atoms with van der Waals surface area (Å²) < 4.78 is 15.4. The number of nitrogens with zero attached hydrogens (tertiary/aromatic N) is 2. The van der Waals surface area contributed by atoms with E-state index in [0.29, 0.717) is 23.1 Å². The number of aromatic nitrogens is 2. The van der Waals surface area contributed by atoms with Crippen LogP contribution in [0, 0.1) is 5.82 Å². The predicted molar refractivity (Wildman–Crippen MR) is 80.2 cm³/mol. The molecule has 1 aromatic heterocycles. The van der Waals surface area contributed by atoms with E-state index in [-0.39, 0.29) is 5.82 Å². The molecule has 3 aromatic rings. The van der Waals surface area contributed by atoms with E-state index < -0.39 is 0 Å². The second-order valence-electron chi connectivity index (χ2n) is 4.55. The van der Waals surface area contributed by atoms with Crippen LogP contribution in [-0.4, -0.2) is 9.55 Å². The van der Waals surface area contributed by atoms with E-state index in [4.69, 9.17) is 17.3 Å². The SMILES string of the molecule is CCn1c(-c2cc(N)ccc2Cl)nc2ccc(F)cc21. The molecule has 2 N–H and O–H groups in total. The first kappa shape index (κ1) is 12.9. The fraction of sp³-hybridized carbons (Fsp3) is 0.133. The van der Waals surface area contributed by atoms with Crippen molar-refractivity contribution in [2.75, 3.05) is 5.73 Å². The van der Waals surface area contributed by atoms with Crippen LogP contribution in [0.3, 0.4) is 0 Å². The molecule has 0 spiro atoms. The lowest BCUT2D eigenvalue weighted by Gasteiger charge is -2.08. The molecule has 0 saturated carbocycles. The number of benzene rings is 2. The van der Waals surface area contributed by atoms with Crippen molar-refractivity contribution in [3.05, 3.63) is 47.2 Å². The fourth-order valence-corrected chi connectivity index (χ4v) is 2.54. The van der Waals surface area contributed by atoms with E-state index in [1.54, 1.807) is 24.3 Å². The Morgan fingerprint density at radius 1 is 1.25 bits per heavy atom. The number of anilines is 1. The van der Waals surface area contributed by atoms with Crippen LogP contribution < -0.4 is 5.73 Å². The summed E-state index contributed by atoms with van der Waals surface area (Å²) in [5.41, 5.74) is 8.68. The second kappa shape index (κ2) is 4.80. The van der Waals surface area contributed by atoms with Crippen molar-refractivity contribution in [1.82, 2.24) is 9.55 Å². The van der Waals surface area contributed by atoms with Crippen LogP contribution in [0.1, 0.15) is 6.92 Å². The molecule has 0 radical (unpaired) electrons. The molecule has 20 heavy (non-hydrogen) atoms. The number of fused-ring (bicyclic) bond motifs is 1. The van der Waals surface area contributed by atoms with Crippen LogP contribution in [-0.2, 0) is 6.54 Å². The molecule has 5 heteroatoms. The van der Waals surface area contributed by atoms with Gasteiger partial charge in [-0.15, -0.1) is 0 Å². The molecule has 3 nitrogen and oxygen atoms in total. The third kappa shape index (κ3) is 2.02. The van der Waals surface area contributed by atoms with Crippen molar-refractivity contribution < 1.29 is 4.39 Å². The van der Waals surface area contributed by atoms with Crippen LogP contribution in [0.25, 0.3) is 22.4 Å². The van der Waals surface area contributed by atoms with Crippen LogP contribution >= 0.6 is 11.6 Å². The second-order valence-corrected chi connectivity index (χ2v) is 4.96. The Labute approximate surface area is 120 Å². The number of nitrogen functional groups attached to an aromatic ring is 1. The molecule has 2 aromatic carbocycles. The first-order valence-electron chi connectivity index (χ1n) is 6.31. The Bertz CT molecular complexity index is 795. The monoisotopic (exact) mass is 289 g/mol. The molecule has 3 rings (SSSR count). The van der Waals surface area contributed by atoms with Gasteiger partial charge < -0.3 is 10.3 Å². The highest BCUT2D eigenvalue weighted by atomic mass is 35.5. The number of imidazole rings is 1. The summed E-state index contributed by atoms with van der Waals surface area (Å²) in [5, 5.41) is 0.574. The summed E-state index contributed by atoms with van der Waals surface area (Å²) in [4.78, 5) is 4.55. The summed E-state index contributed by atoms with van der Waals surface area (Å²) in [7, 11) is 0. The number of hydrogen-bond acceptors (Lipinski definition) is 2. The minimum Gasteiger partial charge on any atom is -0.399 e. The number of aryl methyl sites for hydroxylation is 1. The third-order valence-corrected chi connectivity index (χ3v) is 3.59. The molecule has 0 bridgehead atoms. The van der Waals surface area contributed by atoms with E-state index in [1.165, 1.54) is 12.1 Å². The third-order valence-electron chi connectivity index (χ3n) is 3.26. The van der Waals surface area contributed by atoms with Crippen molar-refractivity contribution in [2.45, 2.75) is 13.5 Å². The van der Waals surface area contributed by atoms with Crippen molar-refractivity contribution in [3.63, 3.8) is 0 Å². The molecular weight excluding hydrogens is 277 g/mol. The zero-order valence-corrected chi connectivity index (χ0v) is 11.7. The molecule has 0 aliphatic carbocycles. The summed E-state index contributed by atoms with van der Waals surface area (Å²) in [6.45, 7) is 2.65. The first-order chi connectivity index (χ1) is 9.60. The summed E-state index contributed by atoms with van der Waals surface area (Å²) in [6.07, 6.45) is 0. The summed E-state index contributed by atoms with van der Waals surface area (Å²) in [5.74, 6) is 0.419. The lowest BCUT2D eigenvalue weighted by Crippen LogP contribution is -1.98. The van der Waals surface area contributed by atoms with Gasteiger partial charge in [-0.25, -0.2) is 9.37 Å². The van der Waals surface area contributed by atoms with Gasteiger partial charge in [0.15, 0.2) is 0 Å². The smallest absolute Gasteiger partial charge is 0.142 e. The van der Waals surface area contributed by atoms with Crippen molar-refractivity contribution in [3.8, 4) is 11.4 Å². The molecule has 0 amide bonds. The maximum atomic E-state index is 13.4. The minimum atomic E-state index is -0.280. The highest BCUT2D eigenvalue weighted by Crippen LogP contribution is 2.32.